The highest BCUT2D eigenvalue weighted by atomic mass is 35.5. The summed E-state index contributed by atoms with van der Waals surface area (Å²) in [6.45, 7) is 1.87. The first kappa shape index (κ1) is 7.62. The number of pyridine rings is 1. The Morgan fingerprint density at radius 2 is 2.42 bits per heavy atom. The van der Waals surface area contributed by atoms with Crippen LogP contribution in [-0.4, -0.2) is 9.97 Å². The summed E-state index contributed by atoms with van der Waals surface area (Å²) in [7, 11) is 0. The fourth-order valence-electron chi connectivity index (χ4n) is 1.24. The quantitative estimate of drug-likeness (QED) is 0.717. The van der Waals surface area contributed by atoms with Crippen LogP contribution in [-0.2, 0) is 0 Å². The van der Waals surface area contributed by atoms with Gasteiger partial charge in [0.1, 0.15) is 5.65 Å². The van der Waals surface area contributed by atoms with Crippen LogP contribution in [0.3, 0.4) is 0 Å². The molecule has 0 aromatic carbocycles. The number of aromatic amines is 1. The molecule has 0 fully saturated rings. The Kier molecular flexibility index (Phi) is 1.77. The van der Waals surface area contributed by atoms with E-state index in [9.17, 15) is 0 Å². The van der Waals surface area contributed by atoms with Gasteiger partial charge in [-0.3, -0.25) is 0 Å². The summed E-state index contributed by atoms with van der Waals surface area (Å²) < 4.78 is 0. The van der Waals surface area contributed by atoms with Crippen LogP contribution in [0.1, 0.15) is 12.5 Å². The highest BCUT2D eigenvalue weighted by molar-refractivity contribution is 6.29. The average Bonchev–Trinajstić information content (AvgIpc) is 2.47. The van der Waals surface area contributed by atoms with E-state index in [0.717, 1.165) is 22.0 Å². The smallest absolute Gasteiger partial charge is 0.137 e. The van der Waals surface area contributed by atoms with E-state index in [2.05, 4.69) is 9.97 Å². The van der Waals surface area contributed by atoms with Gasteiger partial charge in [-0.25, -0.2) is 4.98 Å². The molecular formula is C9H8ClN2. The van der Waals surface area contributed by atoms with Crippen molar-refractivity contribution in [1.82, 2.24) is 9.97 Å². The summed E-state index contributed by atoms with van der Waals surface area (Å²) in [5.74, 6) is 0. The Bertz CT molecular complexity index is 392. The molecule has 2 aromatic heterocycles. The molecule has 1 N–H and O–H groups in total. The molecule has 1 radical (unpaired) electrons. The summed E-state index contributed by atoms with van der Waals surface area (Å²) in [6, 6.07) is 3.90. The molecule has 0 saturated heterocycles. The molecule has 0 aliphatic carbocycles. The average molecular weight is 180 g/mol. The van der Waals surface area contributed by atoms with Crippen LogP contribution in [0.5, 0.6) is 0 Å². The van der Waals surface area contributed by atoms with Gasteiger partial charge in [-0.05, 0) is 19.1 Å². The maximum atomic E-state index is 5.89. The number of nitrogens with one attached hydrogen (secondary N) is 1. The molecule has 2 rings (SSSR count). The Hall–Kier alpha value is -1.02. The van der Waals surface area contributed by atoms with E-state index in [-0.39, 0.29) is 0 Å². The van der Waals surface area contributed by atoms with Gasteiger partial charge in [0.2, 0.25) is 0 Å². The minimum Gasteiger partial charge on any atom is -0.346 e. The first-order chi connectivity index (χ1) is 5.79. The summed E-state index contributed by atoms with van der Waals surface area (Å²) >= 11 is 5.89. The van der Waals surface area contributed by atoms with Crippen LogP contribution in [0.15, 0.2) is 24.5 Å². The lowest BCUT2D eigenvalue weighted by atomic mass is 10.2. The molecule has 2 heterocycles. The third-order valence-corrected chi connectivity index (χ3v) is 2.03. The maximum absolute atomic E-state index is 5.89. The van der Waals surface area contributed by atoms with Crippen molar-refractivity contribution in [3.8, 4) is 0 Å². The van der Waals surface area contributed by atoms with Crippen molar-refractivity contribution in [2.75, 3.05) is 0 Å². The lowest BCUT2D eigenvalue weighted by Gasteiger charge is -1.97. The van der Waals surface area contributed by atoms with Crippen molar-refractivity contribution < 1.29 is 0 Å². The molecule has 0 aliphatic rings. The highest BCUT2D eigenvalue weighted by Crippen LogP contribution is 2.25. The molecule has 0 saturated carbocycles. The van der Waals surface area contributed by atoms with E-state index in [1.54, 1.807) is 6.20 Å². The van der Waals surface area contributed by atoms with E-state index in [1.807, 2.05) is 25.3 Å². The number of hydrogen-bond donors (Lipinski definition) is 1. The third-order valence-electron chi connectivity index (χ3n) is 1.82. The van der Waals surface area contributed by atoms with Crippen molar-refractivity contribution in [1.29, 1.82) is 0 Å². The lowest BCUT2D eigenvalue weighted by molar-refractivity contribution is 1.31. The fraction of sp³-hybridized carbons (Fsp3) is 0.111. The first-order valence-electron chi connectivity index (χ1n) is 3.70. The molecule has 2 aromatic rings. The third kappa shape index (κ3) is 1.08. The molecule has 3 heteroatoms. The highest BCUT2D eigenvalue weighted by Gasteiger charge is 2.08. The lowest BCUT2D eigenvalue weighted by Crippen LogP contribution is -1.81. The second-order valence-electron chi connectivity index (χ2n) is 2.64. The molecule has 12 heavy (non-hydrogen) atoms. The second kappa shape index (κ2) is 2.79. The predicted molar refractivity (Wildman–Crippen MR) is 50.0 cm³/mol. The van der Waals surface area contributed by atoms with E-state index >= 15 is 0 Å². The number of fused-ring (bicyclic) bond motifs is 1. The monoisotopic (exact) mass is 179 g/mol. The maximum Gasteiger partial charge on any atom is 0.137 e. The van der Waals surface area contributed by atoms with Crippen molar-refractivity contribution in [3.05, 3.63) is 35.5 Å². The normalized spacial score (nSPS) is 11.2. The van der Waals surface area contributed by atoms with Gasteiger partial charge in [-0.15, -0.1) is 11.6 Å². The number of aromatic nitrogens is 2. The summed E-state index contributed by atoms with van der Waals surface area (Å²) in [5.41, 5.74) is 1.91. The molecule has 2 nitrogen and oxygen atoms in total. The molecular weight excluding hydrogens is 172 g/mol. The number of rotatable bonds is 1. The topological polar surface area (TPSA) is 28.7 Å². The zero-order chi connectivity index (χ0) is 8.55. The number of hydrogen-bond acceptors (Lipinski definition) is 1. The van der Waals surface area contributed by atoms with Gasteiger partial charge >= 0.3 is 0 Å². The molecule has 61 valence electrons. The first-order valence-corrected chi connectivity index (χ1v) is 4.08. The summed E-state index contributed by atoms with van der Waals surface area (Å²) in [6.07, 6.45) is 3.63. The van der Waals surface area contributed by atoms with Gasteiger partial charge in [-0.1, -0.05) is 0 Å². The van der Waals surface area contributed by atoms with Gasteiger partial charge in [0, 0.05) is 23.3 Å². The minimum atomic E-state index is 0.786. The van der Waals surface area contributed by atoms with Crippen molar-refractivity contribution in [2.24, 2.45) is 0 Å². The Morgan fingerprint density at radius 3 is 3.17 bits per heavy atom. The van der Waals surface area contributed by atoms with Crippen LogP contribution in [0.2, 0.25) is 0 Å². The predicted octanol–water partition coefficient (Wildman–Crippen LogP) is 2.70. The summed E-state index contributed by atoms with van der Waals surface area (Å²) in [5, 5.41) is 1.86. The molecule has 0 unspecified atom stereocenters. The van der Waals surface area contributed by atoms with Crippen LogP contribution >= 0.6 is 11.6 Å². The SMILES string of the molecule is C[C](Cl)c1c[nH]c2ncccc12. The Labute approximate surface area is 75.6 Å². The van der Waals surface area contributed by atoms with Gasteiger partial charge < -0.3 is 4.98 Å². The molecule has 0 bridgehead atoms. The largest absolute Gasteiger partial charge is 0.346 e. The Morgan fingerprint density at radius 1 is 1.58 bits per heavy atom. The molecule has 0 spiro atoms. The van der Waals surface area contributed by atoms with Gasteiger partial charge in [0.25, 0.3) is 0 Å². The number of nitrogens with zero attached hydrogens (tertiary/aromatic N) is 1. The van der Waals surface area contributed by atoms with Crippen molar-refractivity contribution in [3.63, 3.8) is 0 Å². The van der Waals surface area contributed by atoms with Crippen LogP contribution in [0, 0.1) is 5.38 Å². The molecule has 0 amide bonds. The van der Waals surface area contributed by atoms with Gasteiger partial charge in [-0.2, -0.15) is 0 Å². The minimum absolute atomic E-state index is 0.786. The number of H-pyrrole nitrogens is 1. The van der Waals surface area contributed by atoms with Crippen LogP contribution < -0.4 is 0 Å². The van der Waals surface area contributed by atoms with Crippen molar-refractivity contribution in [2.45, 2.75) is 6.92 Å². The molecule has 0 atom stereocenters. The number of halogens is 1. The van der Waals surface area contributed by atoms with E-state index in [0.29, 0.717) is 0 Å². The van der Waals surface area contributed by atoms with E-state index in [4.69, 9.17) is 11.6 Å². The standard InChI is InChI=1S/C9H8ClN2/c1-6(10)8-5-12-9-7(8)3-2-4-11-9/h2-5H,1H3,(H,11,12). The fourth-order valence-corrected chi connectivity index (χ4v) is 1.40. The van der Waals surface area contributed by atoms with E-state index < -0.39 is 0 Å². The zero-order valence-electron chi connectivity index (χ0n) is 6.63. The van der Waals surface area contributed by atoms with Gasteiger partial charge in [0.15, 0.2) is 0 Å². The van der Waals surface area contributed by atoms with Crippen LogP contribution in [0.4, 0.5) is 0 Å². The van der Waals surface area contributed by atoms with Crippen LogP contribution in [0.25, 0.3) is 11.0 Å². The van der Waals surface area contributed by atoms with Crippen molar-refractivity contribution >= 4 is 22.6 Å². The Balaban J connectivity index is 2.70. The second-order valence-corrected chi connectivity index (χ2v) is 3.20. The van der Waals surface area contributed by atoms with E-state index in [1.165, 1.54) is 0 Å². The zero-order valence-corrected chi connectivity index (χ0v) is 7.39. The molecule has 0 aliphatic heterocycles. The summed E-state index contributed by atoms with van der Waals surface area (Å²) in [4.78, 5) is 7.21. The van der Waals surface area contributed by atoms with Gasteiger partial charge in [0.05, 0.1) is 5.38 Å².